The first-order valence-corrected chi connectivity index (χ1v) is 9.11. The normalized spacial score (nSPS) is 11.2. The van der Waals surface area contributed by atoms with Gasteiger partial charge in [0.25, 0.3) is 0 Å². The van der Waals surface area contributed by atoms with Gasteiger partial charge in [0, 0.05) is 27.9 Å². The van der Waals surface area contributed by atoms with Crippen LogP contribution in [-0.4, -0.2) is 19.9 Å². The van der Waals surface area contributed by atoms with Gasteiger partial charge in [-0.2, -0.15) is 0 Å². The van der Waals surface area contributed by atoms with Gasteiger partial charge in [-0.1, -0.05) is 41.6 Å². The number of hydrogen-bond donors (Lipinski definition) is 1. The largest absolute Gasteiger partial charge is 0.335 e. The van der Waals surface area contributed by atoms with Gasteiger partial charge < -0.3 is 5.84 Å². The van der Waals surface area contributed by atoms with Crippen molar-refractivity contribution in [2.45, 2.75) is 10.9 Å². The Bertz CT molecular complexity index is 1100. The van der Waals surface area contributed by atoms with Gasteiger partial charge >= 0.3 is 0 Å². The fraction of sp³-hybridized carbons (Fsp3) is 0.0556. The maximum Gasteiger partial charge on any atom is 0.210 e. The van der Waals surface area contributed by atoms with Crippen molar-refractivity contribution in [1.82, 2.24) is 19.9 Å². The van der Waals surface area contributed by atoms with Gasteiger partial charge in [0.05, 0.1) is 5.52 Å². The molecule has 0 atom stereocenters. The van der Waals surface area contributed by atoms with Crippen molar-refractivity contribution in [3.63, 3.8) is 0 Å². The van der Waals surface area contributed by atoms with Crippen LogP contribution in [0.1, 0.15) is 5.56 Å². The summed E-state index contributed by atoms with van der Waals surface area (Å²) >= 11 is 7.43. The zero-order valence-electron chi connectivity index (χ0n) is 13.4. The number of halogens is 2. The van der Waals surface area contributed by atoms with Crippen LogP contribution in [0, 0.1) is 5.82 Å². The monoisotopic (exact) mass is 385 g/mol. The Balaban J connectivity index is 1.61. The van der Waals surface area contributed by atoms with E-state index in [0.29, 0.717) is 32.7 Å². The molecule has 0 unspecified atom stereocenters. The lowest BCUT2D eigenvalue weighted by atomic mass is 10.1. The van der Waals surface area contributed by atoms with Gasteiger partial charge in [-0.15, -0.1) is 10.2 Å². The number of pyridine rings is 1. The predicted octanol–water partition coefficient (Wildman–Crippen LogP) is 4.29. The highest BCUT2D eigenvalue weighted by molar-refractivity contribution is 7.98. The highest BCUT2D eigenvalue weighted by Gasteiger charge is 2.14. The summed E-state index contributed by atoms with van der Waals surface area (Å²) in [5, 5.41) is 9.95. The third kappa shape index (κ3) is 3.11. The Hall–Kier alpha value is -2.64. The van der Waals surface area contributed by atoms with E-state index in [9.17, 15) is 4.39 Å². The molecule has 2 aromatic carbocycles. The van der Waals surface area contributed by atoms with Crippen LogP contribution in [0.15, 0.2) is 59.9 Å². The maximum absolute atomic E-state index is 13.9. The zero-order valence-corrected chi connectivity index (χ0v) is 15.0. The van der Waals surface area contributed by atoms with Gasteiger partial charge in [-0.3, -0.25) is 4.98 Å². The van der Waals surface area contributed by atoms with Crippen molar-refractivity contribution >= 4 is 34.3 Å². The van der Waals surface area contributed by atoms with Crippen molar-refractivity contribution in [2.24, 2.45) is 0 Å². The smallest absolute Gasteiger partial charge is 0.210 e. The Morgan fingerprint density at radius 2 is 2.00 bits per heavy atom. The fourth-order valence-electron chi connectivity index (χ4n) is 2.66. The maximum atomic E-state index is 13.9. The van der Waals surface area contributed by atoms with E-state index in [4.69, 9.17) is 17.4 Å². The minimum Gasteiger partial charge on any atom is -0.335 e. The number of thioether (sulfide) groups is 1. The van der Waals surface area contributed by atoms with E-state index in [1.807, 2.05) is 12.1 Å². The van der Waals surface area contributed by atoms with Gasteiger partial charge in [-0.25, -0.2) is 9.07 Å². The number of nitrogen functional groups attached to an aromatic ring is 1. The van der Waals surface area contributed by atoms with E-state index in [0.717, 1.165) is 11.1 Å². The summed E-state index contributed by atoms with van der Waals surface area (Å²) in [6.45, 7) is 0. The number of nitrogens with two attached hydrogens (primary N) is 1. The second-order valence-electron chi connectivity index (χ2n) is 5.58. The molecular weight excluding hydrogens is 373 g/mol. The minimum absolute atomic E-state index is 0.285. The number of nitrogens with zero attached hydrogens (tertiary/aromatic N) is 4. The molecule has 2 aromatic heterocycles. The van der Waals surface area contributed by atoms with Crippen LogP contribution in [0.25, 0.3) is 22.3 Å². The number of aromatic nitrogens is 4. The number of fused-ring (bicyclic) bond motifs is 1. The lowest BCUT2D eigenvalue weighted by molar-refractivity contribution is 0.639. The van der Waals surface area contributed by atoms with Crippen molar-refractivity contribution in [1.29, 1.82) is 0 Å². The lowest BCUT2D eigenvalue weighted by Crippen LogP contribution is -2.11. The molecular formula is C18H13ClFN5S. The molecule has 5 nitrogen and oxygen atoms in total. The molecule has 0 saturated heterocycles. The van der Waals surface area contributed by atoms with Crippen LogP contribution in [0.3, 0.4) is 0 Å². The molecule has 0 aliphatic heterocycles. The molecule has 0 radical (unpaired) electrons. The molecule has 8 heteroatoms. The first-order chi connectivity index (χ1) is 12.6. The zero-order chi connectivity index (χ0) is 18.1. The van der Waals surface area contributed by atoms with E-state index in [-0.39, 0.29) is 5.82 Å². The summed E-state index contributed by atoms with van der Waals surface area (Å²) in [7, 11) is 0. The van der Waals surface area contributed by atoms with E-state index in [1.54, 1.807) is 36.5 Å². The summed E-state index contributed by atoms with van der Waals surface area (Å²) in [6, 6.07) is 13.9. The molecule has 130 valence electrons. The van der Waals surface area contributed by atoms with Gasteiger partial charge in [0.1, 0.15) is 5.82 Å². The molecule has 0 saturated carbocycles. The van der Waals surface area contributed by atoms with Crippen molar-refractivity contribution in [3.05, 3.63) is 71.1 Å². The molecule has 2 N–H and O–H groups in total. The third-order valence-electron chi connectivity index (χ3n) is 3.90. The Morgan fingerprint density at radius 3 is 2.85 bits per heavy atom. The summed E-state index contributed by atoms with van der Waals surface area (Å²) in [4.78, 5) is 4.30. The predicted molar refractivity (Wildman–Crippen MR) is 102 cm³/mol. The van der Waals surface area contributed by atoms with Crippen molar-refractivity contribution in [2.75, 3.05) is 5.84 Å². The molecule has 0 bridgehead atoms. The van der Waals surface area contributed by atoms with E-state index < -0.39 is 0 Å². The molecule has 0 fully saturated rings. The Morgan fingerprint density at radius 1 is 1.12 bits per heavy atom. The van der Waals surface area contributed by atoms with Crippen LogP contribution < -0.4 is 5.84 Å². The first kappa shape index (κ1) is 16.8. The van der Waals surface area contributed by atoms with E-state index in [2.05, 4.69) is 15.2 Å². The highest BCUT2D eigenvalue weighted by Crippen LogP contribution is 2.28. The van der Waals surface area contributed by atoms with E-state index in [1.165, 1.54) is 22.5 Å². The third-order valence-corrected chi connectivity index (χ3v) is 5.13. The summed E-state index contributed by atoms with van der Waals surface area (Å²) in [6.07, 6.45) is 1.65. The van der Waals surface area contributed by atoms with Crippen LogP contribution in [0.4, 0.5) is 4.39 Å². The van der Waals surface area contributed by atoms with Gasteiger partial charge in [0.2, 0.25) is 5.16 Å². The number of benzene rings is 2. The fourth-order valence-corrected chi connectivity index (χ4v) is 3.69. The van der Waals surface area contributed by atoms with E-state index >= 15 is 0 Å². The van der Waals surface area contributed by atoms with Gasteiger partial charge in [-0.05, 0) is 35.9 Å². The summed E-state index contributed by atoms with van der Waals surface area (Å²) in [5.74, 6) is 6.92. The van der Waals surface area contributed by atoms with Crippen LogP contribution in [0.5, 0.6) is 0 Å². The minimum atomic E-state index is -0.285. The quantitative estimate of drug-likeness (QED) is 0.419. The number of rotatable bonds is 4. The van der Waals surface area contributed by atoms with Gasteiger partial charge in [0.15, 0.2) is 5.82 Å². The summed E-state index contributed by atoms with van der Waals surface area (Å²) < 4.78 is 15.3. The molecule has 0 amide bonds. The number of hydrogen-bond acceptors (Lipinski definition) is 5. The average molecular weight is 386 g/mol. The second kappa shape index (κ2) is 6.93. The molecule has 26 heavy (non-hydrogen) atoms. The second-order valence-corrected chi connectivity index (χ2v) is 6.96. The standard InChI is InChI=1S/C18H13ClFN5S/c19-13-4-1-3-11(9-13)17-23-24-18(25(17)21)26-10-12-6-7-15(20)14-5-2-8-22-16(12)14/h1-9H,10,21H2. The van der Waals surface area contributed by atoms with Crippen molar-refractivity contribution < 1.29 is 4.39 Å². The average Bonchev–Trinajstić information content (AvgIpc) is 3.02. The first-order valence-electron chi connectivity index (χ1n) is 7.75. The molecule has 0 spiro atoms. The summed E-state index contributed by atoms with van der Waals surface area (Å²) in [5.41, 5.74) is 2.32. The SMILES string of the molecule is Nn1c(SCc2ccc(F)c3cccnc23)nnc1-c1cccc(Cl)c1. The van der Waals surface area contributed by atoms with Crippen LogP contribution >= 0.6 is 23.4 Å². The topological polar surface area (TPSA) is 69.6 Å². The molecule has 0 aliphatic carbocycles. The Kier molecular flexibility index (Phi) is 4.48. The Labute approximate surface area is 158 Å². The highest BCUT2D eigenvalue weighted by atomic mass is 35.5. The lowest BCUT2D eigenvalue weighted by Gasteiger charge is -2.07. The molecule has 4 rings (SSSR count). The molecule has 2 heterocycles. The van der Waals surface area contributed by atoms with Crippen LogP contribution in [-0.2, 0) is 5.75 Å². The molecule has 4 aromatic rings. The van der Waals surface area contributed by atoms with Crippen LogP contribution in [0.2, 0.25) is 5.02 Å². The van der Waals surface area contributed by atoms with Crippen molar-refractivity contribution in [3.8, 4) is 11.4 Å². The molecule has 0 aliphatic rings.